The molecule has 176 valence electrons. The number of amides is 3. The van der Waals surface area contributed by atoms with E-state index in [0.717, 1.165) is 32.1 Å². The Kier molecular flexibility index (Phi) is 9.13. The summed E-state index contributed by atoms with van der Waals surface area (Å²) >= 11 is 6.25. The van der Waals surface area contributed by atoms with E-state index < -0.39 is 0 Å². The summed E-state index contributed by atoms with van der Waals surface area (Å²) in [5.41, 5.74) is 2.34. The Morgan fingerprint density at radius 1 is 0.879 bits per heavy atom. The van der Waals surface area contributed by atoms with Gasteiger partial charge >= 0.3 is 0 Å². The van der Waals surface area contributed by atoms with Crippen LogP contribution in [0.1, 0.15) is 62.2 Å². The first-order valence-electron chi connectivity index (χ1n) is 11.5. The number of carbonyl (C=O) groups is 3. The molecule has 2 aromatic rings. The average Bonchev–Trinajstić information content (AvgIpc) is 2.80. The smallest absolute Gasteiger partial charge is 0.253 e. The van der Waals surface area contributed by atoms with Crippen LogP contribution in [0.2, 0.25) is 5.02 Å². The molecular formula is C25H31ClN4O3. The number of hydrogen-bond donors (Lipinski definition) is 4. The van der Waals surface area contributed by atoms with Crippen LogP contribution in [0.5, 0.6) is 0 Å². The van der Waals surface area contributed by atoms with Gasteiger partial charge in [-0.15, -0.1) is 0 Å². The van der Waals surface area contributed by atoms with Gasteiger partial charge in [-0.25, -0.2) is 0 Å². The minimum absolute atomic E-state index is 0.0281. The number of carbonyl (C=O) groups excluding carboxylic acids is 3. The van der Waals surface area contributed by atoms with Crippen molar-refractivity contribution in [1.29, 1.82) is 0 Å². The predicted molar refractivity (Wildman–Crippen MR) is 133 cm³/mol. The lowest BCUT2D eigenvalue weighted by Gasteiger charge is -2.23. The van der Waals surface area contributed by atoms with E-state index in [2.05, 4.69) is 21.3 Å². The maximum absolute atomic E-state index is 12.7. The fraction of sp³-hybridized carbons (Fsp3) is 0.400. The quantitative estimate of drug-likeness (QED) is 0.405. The first kappa shape index (κ1) is 24.6. The average molecular weight is 471 g/mol. The summed E-state index contributed by atoms with van der Waals surface area (Å²) in [6.07, 6.45) is 6.72. The van der Waals surface area contributed by atoms with E-state index in [9.17, 15) is 14.4 Å². The monoisotopic (exact) mass is 470 g/mol. The summed E-state index contributed by atoms with van der Waals surface area (Å²) in [5, 5.41) is 12.1. The minimum atomic E-state index is -0.235. The molecule has 0 aromatic heterocycles. The van der Waals surface area contributed by atoms with Gasteiger partial charge in [-0.1, -0.05) is 37.8 Å². The van der Waals surface area contributed by atoms with E-state index in [-0.39, 0.29) is 30.3 Å². The Morgan fingerprint density at radius 3 is 2.12 bits per heavy atom. The molecule has 0 unspecified atom stereocenters. The number of anilines is 3. The molecule has 0 atom stereocenters. The molecule has 4 N–H and O–H groups in total. The van der Waals surface area contributed by atoms with E-state index in [4.69, 9.17) is 11.6 Å². The standard InChI is InChI=1S/C25H31ClN4O3/c1-2-6-23(31)28-18-9-11-19(12-10-18)29-24(32)16-27-20-13-14-22(26)21(15-20)25(33)30-17-7-4-3-5-8-17/h9-15,17,27H,2-8,16H2,1H3,(H,28,31)(H,29,32)(H,30,33). The Bertz CT molecular complexity index is 972. The maximum Gasteiger partial charge on any atom is 0.253 e. The van der Waals surface area contributed by atoms with Gasteiger partial charge < -0.3 is 21.3 Å². The Balaban J connectivity index is 1.51. The molecule has 0 aliphatic heterocycles. The highest BCUT2D eigenvalue weighted by atomic mass is 35.5. The van der Waals surface area contributed by atoms with Gasteiger partial charge in [-0.2, -0.15) is 0 Å². The van der Waals surface area contributed by atoms with Crippen molar-refractivity contribution in [1.82, 2.24) is 5.32 Å². The predicted octanol–water partition coefficient (Wildman–Crippen LogP) is 5.19. The molecule has 1 fully saturated rings. The largest absolute Gasteiger partial charge is 0.376 e. The molecule has 0 bridgehead atoms. The molecular weight excluding hydrogens is 440 g/mol. The molecule has 0 spiro atoms. The third-order valence-corrected chi connectivity index (χ3v) is 5.86. The van der Waals surface area contributed by atoms with Crippen molar-refractivity contribution in [2.24, 2.45) is 0 Å². The number of nitrogens with one attached hydrogen (secondary N) is 4. The lowest BCUT2D eigenvalue weighted by molar-refractivity contribution is -0.116. The van der Waals surface area contributed by atoms with Crippen LogP contribution >= 0.6 is 11.6 Å². The van der Waals surface area contributed by atoms with E-state index in [1.807, 2.05) is 6.92 Å². The molecule has 1 aliphatic rings. The van der Waals surface area contributed by atoms with E-state index in [0.29, 0.717) is 34.1 Å². The van der Waals surface area contributed by atoms with Crippen LogP contribution in [0.3, 0.4) is 0 Å². The summed E-state index contributed by atoms with van der Waals surface area (Å²) in [4.78, 5) is 36.7. The summed E-state index contributed by atoms with van der Waals surface area (Å²) in [5.74, 6) is -0.458. The van der Waals surface area contributed by atoms with Crippen LogP contribution in [-0.4, -0.2) is 30.3 Å². The lowest BCUT2D eigenvalue weighted by Crippen LogP contribution is -2.36. The number of hydrogen-bond acceptors (Lipinski definition) is 4. The third-order valence-electron chi connectivity index (χ3n) is 5.53. The highest BCUT2D eigenvalue weighted by molar-refractivity contribution is 6.34. The van der Waals surface area contributed by atoms with Crippen LogP contribution in [0, 0.1) is 0 Å². The van der Waals surface area contributed by atoms with Crippen molar-refractivity contribution in [3.8, 4) is 0 Å². The van der Waals surface area contributed by atoms with Crippen LogP contribution in [-0.2, 0) is 9.59 Å². The molecule has 0 radical (unpaired) electrons. The molecule has 2 aromatic carbocycles. The molecule has 7 nitrogen and oxygen atoms in total. The fourth-order valence-corrected chi connectivity index (χ4v) is 4.00. The van der Waals surface area contributed by atoms with Gasteiger partial charge in [0.25, 0.3) is 5.91 Å². The zero-order chi connectivity index (χ0) is 23.6. The highest BCUT2D eigenvalue weighted by Crippen LogP contribution is 2.23. The number of halogens is 1. The summed E-state index contributed by atoms with van der Waals surface area (Å²) in [7, 11) is 0. The highest BCUT2D eigenvalue weighted by Gasteiger charge is 2.18. The van der Waals surface area contributed by atoms with Crippen LogP contribution in [0.15, 0.2) is 42.5 Å². The first-order valence-corrected chi connectivity index (χ1v) is 11.9. The van der Waals surface area contributed by atoms with Crippen molar-refractivity contribution < 1.29 is 14.4 Å². The van der Waals surface area contributed by atoms with Gasteiger partial charge in [-0.3, -0.25) is 14.4 Å². The van der Waals surface area contributed by atoms with Gasteiger partial charge in [0.2, 0.25) is 11.8 Å². The van der Waals surface area contributed by atoms with Crippen molar-refractivity contribution in [3.05, 3.63) is 53.1 Å². The van der Waals surface area contributed by atoms with Gasteiger partial charge in [0.15, 0.2) is 0 Å². The molecule has 3 amide bonds. The van der Waals surface area contributed by atoms with Gasteiger partial charge in [-0.05, 0) is 61.7 Å². The van der Waals surface area contributed by atoms with Gasteiger partial charge in [0.1, 0.15) is 0 Å². The number of rotatable bonds is 9. The minimum Gasteiger partial charge on any atom is -0.376 e. The summed E-state index contributed by atoms with van der Waals surface area (Å²) < 4.78 is 0. The molecule has 8 heteroatoms. The van der Waals surface area contributed by atoms with E-state index >= 15 is 0 Å². The summed E-state index contributed by atoms with van der Waals surface area (Å²) in [6, 6.07) is 12.2. The first-order chi connectivity index (χ1) is 15.9. The second-order valence-electron chi connectivity index (χ2n) is 8.28. The molecule has 33 heavy (non-hydrogen) atoms. The van der Waals surface area contributed by atoms with Crippen LogP contribution in [0.4, 0.5) is 17.1 Å². The van der Waals surface area contributed by atoms with E-state index in [1.165, 1.54) is 6.42 Å². The Hall–Kier alpha value is -3.06. The van der Waals surface area contributed by atoms with Crippen LogP contribution in [0.25, 0.3) is 0 Å². The normalized spacial score (nSPS) is 13.8. The topological polar surface area (TPSA) is 99.3 Å². The third kappa shape index (κ3) is 7.79. The van der Waals surface area contributed by atoms with Crippen molar-refractivity contribution >= 4 is 46.4 Å². The second kappa shape index (κ2) is 12.3. The van der Waals surface area contributed by atoms with Crippen LogP contribution < -0.4 is 21.3 Å². The van der Waals surface area contributed by atoms with E-state index in [1.54, 1.807) is 42.5 Å². The summed E-state index contributed by atoms with van der Waals surface area (Å²) in [6.45, 7) is 1.98. The maximum atomic E-state index is 12.7. The zero-order valence-corrected chi connectivity index (χ0v) is 19.6. The second-order valence-corrected chi connectivity index (χ2v) is 8.69. The van der Waals surface area contributed by atoms with Crippen molar-refractivity contribution in [2.75, 3.05) is 22.5 Å². The van der Waals surface area contributed by atoms with Crippen molar-refractivity contribution in [2.45, 2.75) is 57.9 Å². The molecule has 3 rings (SSSR count). The Labute approximate surface area is 199 Å². The van der Waals surface area contributed by atoms with Crippen molar-refractivity contribution in [3.63, 3.8) is 0 Å². The zero-order valence-electron chi connectivity index (χ0n) is 18.9. The Morgan fingerprint density at radius 2 is 1.48 bits per heavy atom. The molecule has 0 heterocycles. The SMILES string of the molecule is CCCC(=O)Nc1ccc(NC(=O)CNc2ccc(Cl)c(C(=O)NC3CCCCC3)c2)cc1. The molecule has 0 saturated heterocycles. The fourth-order valence-electron chi connectivity index (χ4n) is 3.79. The molecule has 1 saturated carbocycles. The van der Waals surface area contributed by atoms with Gasteiger partial charge in [0.05, 0.1) is 17.1 Å². The lowest BCUT2D eigenvalue weighted by atomic mass is 9.95. The number of benzene rings is 2. The molecule has 1 aliphatic carbocycles. The van der Waals surface area contributed by atoms with Gasteiger partial charge in [0, 0.05) is 29.5 Å².